The van der Waals surface area contributed by atoms with Crippen molar-refractivity contribution in [1.82, 2.24) is 4.98 Å². The third-order valence-corrected chi connectivity index (χ3v) is 2.29. The minimum atomic E-state index is -0.589. The summed E-state index contributed by atoms with van der Waals surface area (Å²) in [6.07, 6.45) is 1.04. The third kappa shape index (κ3) is 2.79. The monoisotopic (exact) mass is 259 g/mol. The molecule has 1 heterocycles. The zero-order chi connectivity index (χ0) is 13.7. The quantitative estimate of drug-likeness (QED) is 0.516. The van der Waals surface area contributed by atoms with E-state index < -0.39 is 5.97 Å². The standard InChI is InChI=1S/C13H13N3O3/c1-2-18-13(17)10-12(15-8-14)19-11(16-10)9-6-4-3-5-7-9/h3-8H,2H2,1H3,(H2,14,15). The molecule has 0 aliphatic heterocycles. The lowest BCUT2D eigenvalue weighted by Gasteiger charge is -1.96. The second kappa shape index (κ2) is 5.81. The van der Waals surface area contributed by atoms with Gasteiger partial charge in [0.05, 0.1) is 12.9 Å². The molecule has 0 spiro atoms. The van der Waals surface area contributed by atoms with Crippen molar-refractivity contribution >= 4 is 18.2 Å². The maximum atomic E-state index is 11.7. The van der Waals surface area contributed by atoms with Gasteiger partial charge in [0.2, 0.25) is 11.6 Å². The van der Waals surface area contributed by atoms with Crippen molar-refractivity contribution in [2.24, 2.45) is 10.7 Å². The van der Waals surface area contributed by atoms with E-state index in [0.29, 0.717) is 5.89 Å². The smallest absolute Gasteiger partial charge is 0.362 e. The molecule has 0 amide bonds. The molecule has 0 saturated carbocycles. The Hall–Kier alpha value is -2.63. The highest BCUT2D eigenvalue weighted by molar-refractivity contribution is 5.92. The molecule has 0 atom stereocenters. The van der Waals surface area contributed by atoms with Gasteiger partial charge in [-0.3, -0.25) is 0 Å². The Labute approximate surface area is 109 Å². The number of benzene rings is 1. The van der Waals surface area contributed by atoms with Crippen molar-refractivity contribution in [1.29, 1.82) is 0 Å². The molecule has 2 N–H and O–H groups in total. The SMILES string of the molecule is CCOC(=O)c1nc(-c2ccccc2)oc1N=CN. The number of carbonyl (C=O) groups is 1. The van der Waals surface area contributed by atoms with E-state index in [1.165, 1.54) is 0 Å². The minimum absolute atomic E-state index is 0.0161. The van der Waals surface area contributed by atoms with Gasteiger partial charge >= 0.3 is 5.97 Å². The van der Waals surface area contributed by atoms with Crippen molar-refractivity contribution in [2.75, 3.05) is 6.61 Å². The number of nitrogens with two attached hydrogens (primary N) is 1. The first kappa shape index (κ1) is 12.8. The van der Waals surface area contributed by atoms with Gasteiger partial charge in [0.1, 0.15) is 0 Å². The number of nitrogens with zero attached hydrogens (tertiary/aromatic N) is 2. The zero-order valence-electron chi connectivity index (χ0n) is 10.4. The summed E-state index contributed by atoms with van der Waals surface area (Å²) in [5, 5.41) is 0. The lowest BCUT2D eigenvalue weighted by molar-refractivity contribution is 0.0521. The number of oxazole rings is 1. The molecule has 1 aromatic heterocycles. The van der Waals surface area contributed by atoms with Crippen LogP contribution in [0, 0.1) is 0 Å². The van der Waals surface area contributed by atoms with Gasteiger partial charge < -0.3 is 14.9 Å². The van der Waals surface area contributed by atoms with Gasteiger partial charge in [0.25, 0.3) is 5.88 Å². The Morgan fingerprint density at radius 1 is 1.47 bits per heavy atom. The highest BCUT2D eigenvalue weighted by Gasteiger charge is 2.21. The maximum Gasteiger partial charge on any atom is 0.362 e. The molecule has 1 aromatic carbocycles. The van der Waals surface area contributed by atoms with E-state index in [2.05, 4.69) is 9.98 Å². The second-order valence-corrected chi connectivity index (χ2v) is 3.54. The molecule has 6 nitrogen and oxygen atoms in total. The zero-order valence-corrected chi connectivity index (χ0v) is 10.4. The van der Waals surface area contributed by atoms with Crippen LogP contribution in [-0.4, -0.2) is 23.9 Å². The van der Waals surface area contributed by atoms with Crippen LogP contribution in [0.5, 0.6) is 0 Å². The van der Waals surface area contributed by atoms with Gasteiger partial charge in [-0.05, 0) is 19.1 Å². The molecule has 0 unspecified atom stereocenters. The largest absolute Gasteiger partial charge is 0.461 e. The van der Waals surface area contributed by atoms with Gasteiger partial charge in [-0.25, -0.2) is 9.79 Å². The summed E-state index contributed by atoms with van der Waals surface area (Å²) in [5.74, 6) is -0.252. The van der Waals surface area contributed by atoms with E-state index in [1.54, 1.807) is 6.92 Å². The molecule has 0 aliphatic carbocycles. The Bertz CT molecular complexity index is 590. The number of hydrogen-bond acceptors (Lipinski definition) is 5. The first-order chi connectivity index (χ1) is 9.26. The lowest BCUT2D eigenvalue weighted by Crippen LogP contribution is -2.05. The van der Waals surface area contributed by atoms with Crippen LogP contribution in [0.3, 0.4) is 0 Å². The molecule has 0 radical (unpaired) electrons. The summed E-state index contributed by atoms with van der Waals surface area (Å²) >= 11 is 0. The molecule has 2 aromatic rings. The summed E-state index contributed by atoms with van der Waals surface area (Å²) in [6.45, 7) is 1.96. The van der Waals surface area contributed by atoms with E-state index in [4.69, 9.17) is 14.9 Å². The molecular weight excluding hydrogens is 246 g/mol. The molecule has 0 aliphatic rings. The number of ether oxygens (including phenoxy) is 1. The van der Waals surface area contributed by atoms with Crippen LogP contribution in [0.15, 0.2) is 39.7 Å². The number of carbonyl (C=O) groups excluding carboxylic acids is 1. The summed E-state index contributed by atoms with van der Waals surface area (Å²) in [6, 6.07) is 9.19. The van der Waals surface area contributed by atoms with E-state index in [-0.39, 0.29) is 18.2 Å². The number of esters is 1. The second-order valence-electron chi connectivity index (χ2n) is 3.54. The first-order valence-electron chi connectivity index (χ1n) is 5.74. The van der Waals surface area contributed by atoms with E-state index in [0.717, 1.165) is 11.9 Å². The van der Waals surface area contributed by atoms with Crippen LogP contribution < -0.4 is 5.73 Å². The fraction of sp³-hybridized carbons (Fsp3) is 0.154. The number of aromatic nitrogens is 1. The van der Waals surface area contributed by atoms with Gasteiger partial charge in [-0.15, -0.1) is 0 Å². The van der Waals surface area contributed by atoms with Gasteiger partial charge in [-0.2, -0.15) is 4.98 Å². The Morgan fingerprint density at radius 2 is 2.21 bits per heavy atom. The van der Waals surface area contributed by atoms with Crippen molar-refractivity contribution in [3.05, 3.63) is 36.0 Å². The predicted octanol–water partition coefficient (Wildman–Crippen LogP) is 2.14. The number of aliphatic imine (C=N–C) groups is 1. The Kier molecular flexibility index (Phi) is 3.92. The summed E-state index contributed by atoms with van der Waals surface area (Å²) in [4.78, 5) is 19.6. The highest BCUT2D eigenvalue weighted by Crippen LogP contribution is 2.27. The van der Waals surface area contributed by atoms with Crippen LogP contribution >= 0.6 is 0 Å². The van der Waals surface area contributed by atoms with Crippen molar-refractivity contribution in [2.45, 2.75) is 6.92 Å². The van der Waals surface area contributed by atoms with Gasteiger partial charge in [-0.1, -0.05) is 18.2 Å². The normalized spacial score (nSPS) is 10.8. The maximum absolute atomic E-state index is 11.7. The van der Waals surface area contributed by atoms with E-state index >= 15 is 0 Å². The van der Waals surface area contributed by atoms with Crippen LogP contribution in [0.1, 0.15) is 17.4 Å². The van der Waals surface area contributed by atoms with Crippen LogP contribution in [0.25, 0.3) is 11.5 Å². The van der Waals surface area contributed by atoms with Crippen LogP contribution in [0.2, 0.25) is 0 Å². The van der Waals surface area contributed by atoms with E-state index in [1.807, 2.05) is 30.3 Å². The molecule has 0 saturated heterocycles. The molecule has 19 heavy (non-hydrogen) atoms. The molecule has 0 bridgehead atoms. The average molecular weight is 259 g/mol. The fourth-order valence-electron chi connectivity index (χ4n) is 1.50. The van der Waals surface area contributed by atoms with Crippen LogP contribution in [-0.2, 0) is 4.74 Å². The summed E-state index contributed by atoms with van der Waals surface area (Å²) in [7, 11) is 0. The topological polar surface area (TPSA) is 90.7 Å². The predicted molar refractivity (Wildman–Crippen MR) is 70.2 cm³/mol. The summed E-state index contributed by atoms with van der Waals surface area (Å²) in [5.41, 5.74) is 5.98. The number of hydrogen-bond donors (Lipinski definition) is 1. The average Bonchev–Trinajstić information content (AvgIpc) is 2.85. The first-order valence-corrected chi connectivity index (χ1v) is 5.74. The summed E-state index contributed by atoms with van der Waals surface area (Å²) < 4.78 is 10.3. The molecule has 2 rings (SSSR count). The van der Waals surface area contributed by atoms with E-state index in [9.17, 15) is 4.79 Å². The number of rotatable bonds is 4. The van der Waals surface area contributed by atoms with Gasteiger partial charge in [0.15, 0.2) is 0 Å². The van der Waals surface area contributed by atoms with Crippen molar-refractivity contribution in [3.63, 3.8) is 0 Å². The molecule has 0 fully saturated rings. The molecule has 98 valence electrons. The van der Waals surface area contributed by atoms with Crippen molar-refractivity contribution < 1.29 is 13.9 Å². The molecular formula is C13H13N3O3. The third-order valence-electron chi connectivity index (χ3n) is 2.29. The lowest BCUT2D eigenvalue weighted by atomic mass is 10.2. The fourth-order valence-corrected chi connectivity index (χ4v) is 1.50. The van der Waals surface area contributed by atoms with Gasteiger partial charge in [0, 0.05) is 5.56 Å². The minimum Gasteiger partial charge on any atom is -0.461 e. The van der Waals surface area contributed by atoms with Crippen LogP contribution in [0.4, 0.5) is 5.88 Å². The Balaban J connectivity index is 2.43. The molecule has 6 heteroatoms. The Morgan fingerprint density at radius 3 is 2.84 bits per heavy atom. The van der Waals surface area contributed by atoms with Crippen molar-refractivity contribution in [3.8, 4) is 11.5 Å². The highest BCUT2D eigenvalue weighted by atomic mass is 16.5.